The van der Waals surface area contributed by atoms with E-state index >= 15 is 0 Å². The number of methoxy groups -OCH3 is 2. The lowest BCUT2D eigenvalue weighted by atomic mass is 9.76. The molecule has 2 rings (SSSR count). The highest BCUT2D eigenvalue weighted by Crippen LogP contribution is 2.38. The SMILES string of the molecule is COc1ccc(C(=O)CC2(OC)CCC2)cc1. The fourth-order valence-corrected chi connectivity index (χ4v) is 2.20. The topological polar surface area (TPSA) is 35.5 Å². The van der Waals surface area contributed by atoms with Crippen LogP contribution in [0.15, 0.2) is 24.3 Å². The van der Waals surface area contributed by atoms with E-state index in [-0.39, 0.29) is 11.4 Å². The number of carbonyl (C=O) groups excluding carboxylic acids is 1. The molecule has 0 heterocycles. The number of carbonyl (C=O) groups is 1. The highest BCUT2D eigenvalue weighted by molar-refractivity contribution is 5.96. The van der Waals surface area contributed by atoms with Crippen molar-refractivity contribution in [3.05, 3.63) is 29.8 Å². The maximum atomic E-state index is 12.1. The van der Waals surface area contributed by atoms with Gasteiger partial charge < -0.3 is 9.47 Å². The number of ether oxygens (including phenoxy) is 2. The van der Waals surface area contributed by atoms with Gasteiger partial charge in [-0.25, -0.2) is 0 Å². The minimum absolute atomic E-state index is 0.147. The number of hydrogen-bond donors (Lipinski definition) is 0. The first-order chi connectivity index (χ1) is 8.19. The van der Waals surface area contributed by atoms with Crippen molar-refractivity contribution in [2.24, 2.45) is 0 Å². The molecular weight excluding hydrogens is 216 g/mol. The molecule has 1 saturated carbocycles. The minimum atomic E-state index is -0.197. The average molecular weight is 234 g/mol. The molecule has 1 aromatic carbocycles. The van der Waals surface area contributed by atoms with Crippen LogP contribution in [0, 0.1) is 0 Å². The average Bonchev–Trinajstić information content (AvgIpc) is 2.33. The Hall–Kier alpha value is -1.35. The molecule has 0 atom stereocenters. The molecule has 0 aromatic heterocycles. The van der Waals surface area contributed by atoms with Crippen molar-refractivity contribution in [3.63, 3.8) is 0 Å². The summed E-state index contributed by atoms with van der Waals surface area (Å²) in [6.07, 6.45) is 3.62. The summed E-state index contributed by atoms with van der Waals surface area (Å²) < 4.78 is 10.5. The molecular formula is C14H18O3. The largest absolute Gasteiger partial charge is 0.497 e. The molecule has 0 radical (unpaired) electrons. The molecule has 92 valence electrons. The molecule has 1 aliphatic rings. The summed E-state index contributed by atoms with van der Waals surface area (Å²) in [5.74, 6) is 0.917. The zero-order valence-electron chi connectivity index (χ0n) is 10.4. The van der Waals surface area contributed by atoms with Crippen molar-refractivity contribution >= 4 is 5.78 Å². The highest BCUT2D eigenvalue weighted by Gasteiger charge is 2.38. The second kappa shape index (κ2) is 4.88. The summed E-state index contributed by atoms with van der Waals surface area (Å²) in [6, 6.07) is 7.24. The van der Waals surface area contributed by atoms with E-state index in [0.29, 0.717) is 6.42 Å². The molecule has 0 unspecified atom stereocenters. The van der Waals surface area contributed by atoms with Crippen LogP contribution in [-0.2, 0) is 4.74 Å². The van der Waals surface area contributed by atoms with Crippen molar-refractivity contribution in [2.75, 3.05) is 14.2 Å². The van der Waals surface area contributed by atoms with E-state index in [9.17, 15) is 4.79 Å². The Balaban J connectivity index is 2.03. The van der Waals surface area contributed by atoms with Gasteiger partial charge in [-0.3, -0.25) is 4.79 Å². The molecule has 0 bridgehead atoms. The number of ketones is 1. The number of hydrogen-bond acceptors (Lipinski definition) is 3. The molecule has 1 aromatic rings. The molecule has 3 nitrogen and oxygen atoms in total. The van der Waals surface area contributed by atoms with Gasteiger partial charge in [-0.15, -0.1) is 0 Å². The Labute approximate surface area is 102 Å². The zero-order chi connectivity index (χ0) is 12.3. The maximum absolute atomic E-state index is 12.1. The highest BCUT2D eigenvalue weighted by atomic mass is 16.5. The molecule has 1 aliphatic carbocycles. The second-order valence-corrected chi connectivity index (χ2v) is 4.57. The smallest absolute Gasteiger partial charge is 0.165 e. The quantitative estimate of drug-likeness (QED) is 0.735. The molecule has 0 saturated heterocycles. The van der Waals surface area contributed by atoms with E-state index < -0.39 is 0 Å². The fourth-order valence-electron chi connectivity index (χ4n) is 2.20. The van der Waals surface area contributed by atoms with Crippen molar-refractivity contribution in [3.8, 4) is 5.75 Å². The van der Waals surface area contributed by atoms with Gasteiger partial charge in [-0.1, -0.05) is 0 Å². The van der Waals surface area contributed by atoms with Crippen LogP contribution in [0.4, 0.5) is 0 Å². The number of Topliss-reactive ketones (excluding diaryl/α,β-unsaturated/α-hetero) is 1. The van der Waals surface area contributed by atoms with Crippen LogP contribution in [0.2, 0.25) is 0 Å². The van der Waals surface area contributed by atoms with Crippen LogP contribution >= 0.6 is 0 Å². The molecule has 0 aliphatic heterocycles. The second-order valence-electron chi connectivity index (χ2n) is 4.57. The number of benzene rings is 1. The standard InChI is InChI=1S/C14H18O3/c1-16-12-6-4-11(5-7-12)13(15)10-14(17-2)8-3-9-14/h4-7H,3,8-10H2,1-2H3. The van der Waals surface area contributed by atoms with Crippen LogP contribution in [0.25, 0.3) is 0 Å². The van der Waals surface area contributed by atoms with Crippen LogP contribution in [0.3, 0.4) is 0 Å². The van der Waals surface area contributed by atoms with Gasteiger partial charge in [-0.2, -0.15) is 0 Å². The van der Waals surface area contributed by atoms with E-state index in [1.54, 1.807) is 14.2 Å². The summed E-state index contributed by atoms with van der Waals surface area (Å²) >= 11 is 0. The third kappa shape index (κ3) is 2.50. The lowest BCUT2D eigenvalue weighted by Gasteiger charge is -2.40. The summed E-state index contributed by atoms with van der Waals surface area (Å²) in [4.78, 5) is 12.1. The van der Waals surface area contributed by atoms with Gasteiger partial charge in [0.1, 0.15) is 5.75 Å². The first kappa shape index (κ1) is 12.1. The maximum Gasteiger partial charge on any atom is 0.165 e. The van der Waals surface area contributed by atoms with E-state index in [1.165, 1.54) is 0 Å². The van der Waals surface area contributed by atoms with Crippen molar-refractivity contribution in [1.82, 2.24) is 0 Å². The molecule has 3 heteroatoms. The Morgan fingerprint density at radius 1 is 1.24 bits per heavy atom. The molecule has 0 amide bonds. The normalized spacial score (nSPS) is 17.3. The number of rotatable bonds is 5. The van der Waals surface area contributed by atoms with Crippen LogP contribution in [0.1, 0.15) is 36.0 Å². The van der Waals surface area contributed by atoms with Gasteiger partial charge in [-0.05, 0) is 43.5 Å². The van der Waals surface area contributed by atoms with Gasteiger partial charge in [0.15, 0.2) is 5.78 Å². The van der Waals surface area contributed by atoms with Gasteiger partial charge in [0, 0.05) is 19.1 Å². The van der Waals surface area contributed by atoms with E-state index in [0.717, 1.165) is 30.6 Å². The van der Waals surface area contributed by atoms with Crippen LogP contribution < -0.4 is 4.74 Å². The lowest BCUT2D eigenvalue weighted by molar-refractivity contribution is -0.0704. The van der Waals surface area contributed by atoms with Crippen molar-refractivity contribution < 1.29 is 14.3 Å². The van der Waals surface area contributed by atoms with E-state index in [4.69, 9.17) is 9.47 Å². The lowest BCUT2D eigenvalue weighted by Crippen LogP contribution is -2.41. The van der Waals surface area contributed by atoms with E-state index in [1.807, 2.05) is 24.3 Å². The van der Waals surface area contributed by atoms with Crippen molar-refractivity contribution in [2.45, 2.75) is 31.3 Å². The van der Waals surface area contributed by atoms with Gasteiger partial charge in [0.05, 0.1) is 12.7 Å². The van der Waals surface area contributed by atoms with Crippen molar-refractivity contribution in [1.29, 1.82) is 0 Å². The monoisotopic (exact) mass is 234 g/mol. The Morgan fingerprint density at radius 3 is 2.29 bits per heavy atom. The first-order valence-electron chi connectivity index (χ1n) is 5.91. The first-order valence-corrected chi connectivity index (χ1v) is 5.91. The third-order valence-corrected chi connectivity index (χ3v) is 3.59. The Kier molecular flexibility index (Phi) is 3.48. The third-order valence-electron chi connectivity index (χ3n) is 3.59. The molecule has 17 heavy (non-hydrogen) atoms. The van der Waals surface area contributed by atoms with Crippen LogP contribution in [-0.4, -0.2) is 25.6 Å². The fraction of sp³-hybridized carbons (Fsp3) is 0.500. The molecule has 0 N–H and O–H groups in total. The van der Waals surface area contributed by atoms with Gasteiger partial charge in [0.25, 0.3) is 0 Å². The Bertz CT molecular complexity index is 385. The summed E-state index contributed by atoms with van der Waals surface area (Å²) in [7, 11) is 3.31. The summed E-state index contributed by atoms with van der Waals surface area (Å²) in [6.45, 7) is 0. The zero-order valence-corrected chi connectivity index (χ0v) is 10.4. The Morgan fingerprint density at radius 2 is 1.88 bits per heavy atom. The minimum Gasteiger partial charge on any atom is -0.497 e. The van der Waals surface area contributed by atoms with Crippen LogP contribution in [0.5, 0.6) is 5.75 Å². The molecule has 0 spiro atoms. The summed E-state index contributed by atoms with van der Waals surface area (Å²) in [5.41, 5.74) is 0.533. The summed E-state index contributed by atoms with van der Waals surface area (Å²) in [5, 5.41) is 0. The predicted molar refractivity (Wildman–Crippen MR) is 65.5 cm³/mol. The van der Waals surface area contributed by atoms with Gasteiger partial charge >= 0.3 is 0 Å². The van der Waals surface area contributed by atoms with E-state index in [2.05, 4.69) is 0 Å². The molecule has 1 fully saturated rings. The predicted octanol–water partition coefficient (Wildman–Crippen LogP) is 2.84. The van der Waals surface area contributed by atoms with Gasteiger partial charge in [0.2, 0.25) is 0 Å².